The van der Waals surface area contributed by atoms with Crippen LogP contribution < -0.4 is 0 Å². The lowest BCUT2D eigenvalue weighted by Gasteiger charge is -2.39. The Bertz CT molecular complexity index is 1190. The number of ether oxygens (including phenoxy) is 4. The van der Waals surface area contributed by atoms with Crippen molar-refractivity contribution in [3.05, 3.63) is 72.9 Å². The van der Waals surface area contributed by atoms with Crippen molar-refractivity contribution >= 4 is 11.9 Å². The number of aliphatic hydroxyl groups excluding tert-OH is 4. The summed E-state index contributed by atoms with van der Waals surface area (Å²) >= 11 is 0. The highest BCUT2D eigenvalue weighted by Crippen LogP contribution is 2.22. The number of unbranched alkanes of at least 4 members (excludes halogenated alkanes) is 14. The minimum Gasteiger partial charge on any atom is -0.462 e. The molecule has 1 rings (SSSR count). The molecule has 0 aromatic rings. The van der Waals surface area contributed by atoms with E-state index in [1.54, 1.807) is 0 Å². The number of hydrogen-bond acceptors (Lipinski definition) is 10. The molecule has 0 aliphatic carbocycles. The Kier molecular flexibility index (Phi) is 36.1. The SMILES string of the molecule is CCCCC/C=C/C/C=C/C/C=C/C/C=C/C/C=C/CCC(=O)OC[C@@H](CO[C@H]1O[C@@H](CO)[C@@H](O)C(O)C1O)OC(=O)CCCCCCCCC/C=C/CCCCCC. The second-order valence-corrected chi connectivity index (χ2v) is 15.5. The maximum Gasteiger partial charge on any atom is 0.306 e. The molecule has 10 heteroatoms. The Morgan fingerprint density at radius 1 is 0.525 bits per heavy atom. The highest BCUT2D eigenvalue weighted by Gasteiger charge is 2.44. The minimum absolute atomic E-state index is 0.148. The van der Waals surface area contributed by atoms with Crippen LogP contribution in [0.1, 0.15) is 168 Å². The van der Waals surface area contributed by atoms with Gasteiger partial charge in [-0.25, -0.2) is 0 Å². The average Bonchev–Trinajstić information content (AvgIpc) is 3.23. The van der Waals surface area contributed by atoms with Gasteiger partial charge in [-0.15, -0.1) is 0 Å². The van der Waals surface area contributed by atoms with Gasteiger partial charge in [0.1, 0.15) is 31.0 Å². The van der Waals surface area contributed by atoms with Crippen LogP contribution in [-0.2, 0) is 28.5 Å². The third-order valence-corrected chi connectivity index (χ3v) is 10.1. The van der Waals surface area contributed by atoms with Crippen LogP contribution in [0.5, 0.6) is 0 Å². The number of carbonyl (C=O) groups is 2. The third-order valence-electron chi connectivity index (χ3n) is 10.1. The van der Waals surface area contributed by atoms with Crippen LogP contribution in [0.15, 0.2) is 72.9 Å². The number of carbonyl (C=O) groups excluding carboxylic acids is 2. The summed E-state index contributed by atoms with van der Waals surface area (Å²) in [7, 11) is 0. The zero-order valence-corrected chi connectivity index (χ0v) is 36.7. The van der Waals surface area contributed by atoms with E-state index in [4.69, 9.17) is 18.9 Å². The van der Waals surface area contributed by atoms with Crippen molar-refractivity contribution in [2.75, 3.05) is 19.8 Å². The zero-order chi connectivity index (χ0) is 43.0. The summed E-state index contributed by atoms with van der Waals surface area (Å²) in [5.74, 6) is -0.913. The fourth-order valence-electron chi connectivity index (χ4n) is 6.40. The van der Waals surface area contributed by atoms with E-state index in [2.05, 4.69) is 74.6 Å². The van der Waals surface area contributed by atoms with Crippen molar-refractivity contribution in [1.82, 2.24) is 0 Å². The van der Waals surface area contributed by atoms with E-state index in [1.165, 1.54) is 77.0 Å². The number of rotatable bonds is 37. The van der Waals surface area contributed by atoms with E-state index in [1.807, 2.05) is 12.2 Å². The summed E-state index contributed by atoms with van der Waals surface area (Å²) in [6.45, 7) is 3.29. The molecule has 1 saturated heterocycles. The van der Waals surface area contributed by atoms with Gasteiger partial charge in [0.15, 0.2) is 12.4 Å². The summed E-state index contributed by atoms with van der Waals surface area (Å²) < 4.78 is 22.1. The van der Waals surface area contributed by atoms with Gasteiger partial charge in [-0.05, 0) is 77.0 Å². The van der Waals surface area contributed by atoms with E-state index in [9.17, 15) is 30.0 Å². The lowest BCUT2D eigenvalue weighted by Crippen LogP contribution is -2.59. The molecule has 1 heterocycles. The Labute approximate surface area is 357 Å². The first kappa shape index (κ1) is 54.2. The molecule has 1 aliphatic rings. The molecule has 0 spiro atoms. The van der Waals surface area contributed by atoms with Crippen molar-refractivity contribution < 1.29 is 49.0 Å². The lowest BCUT2D eigenvalue weighted by atomic mass is 9.99. The van der Waals surface area contributed by atoms with Gasteiger partial charge < -0.3 is 39.4 Å². The number of allylic oxidation sites excluding steroid dienone is 12. The summed E-state index contributed by atoms with van der Waals surface area (Å²) in [6.07, 6.45) is 42.0. The quantitative estimate of drug-likeness (QED) is 0.0271. The molecule has 4 N–H and O–H groups in total. The highest BCUT2D eigenvalue weighted by molar-refractivity contribution is 5.70. The molecule has 0 bridgehead atoms. The molecule has 6 atom stereocenters. The fraction of sp³-hybridized carbons (Fsp3) is 0.714. The first-order valence-electron chi connectivity index (χ1n) is 23.0. The molecular weight excluding hydrogens is 749 g/mol. The predicted molar refractivity (Wildman–Crippen MR) is 238 cm³/mol. The van der Waals surface area contributed by atoms with E-state index < -0.39 is 55.4 Å². The molecule has 0 radical (unpaired) electrons. The maximum atomic E-state index is 12.8. The Hall–Kier alpha value is -2.86. The van der Waals surface area contributed by atoms with Crippen molar-refractivity contribution in [3.63, 3.8) is 0 Å². The van der Waals surface area contributed by atoms with Crippen LogP contribution >= 0.6 is 0 Å². The number of aliphatic hydroxyl groups is 4. The first-order chi connectivity index (χ1) is 28.8. The molecule has 1 aliphatic heterocycles. The molecular formula is C49H82O10. The molecule has 10 nitrogen and oxygen atoms in total. The Morgan fingerprint density at radius 3 is 1.54 bits per heavy atom. The minimum atomic E-state index is -1.61. The van der Waals surface area contributed by atoms with Crippen molar-refractivity contribution in [3.8, 4) is 0 Å². The van der Waals surface area contributed by atoms with Gasteiger partial charge in [0.2, 0.25) is 0 Å². The van der Waals surface area contributed by atoms with E-state index >= 15 is 0 Å². The second kappa shape index (κ2) is 39.3. The summed E-state index contributed by atoms with van der Waals surface area (Å²) in [4.78, 5) is 25.3. The van der Waals surface area contributed by atoms with E-state index in [-0.39, 0.29) is 26.1 Å². The molecule has 2 unspecified atom stereocenters. The Morgan fingerprint density at radius 2 is 0.983 bits per heavy atom. The summed E-state index contributed by atoms with van der Waals surface area (Å²) in [5.41, 5.74) is 0. The van der Waals surface area contributed by atoms with Gasteiger partial charge in [-0.3, -0.25) is 9.59 Å². The van der Waals surface area contributed by atoms with Gasteiger partial charge in [0.05, 0.1) is 13.2 Å². The topological polar surface area (TPSA) is 152 Å². The molecule has 0 aromatic heterocycles. The fourth-order valence-corrected chi connectivity index (χ4v) is 6.40. The van der Waals surface area contributed by atoms with Crippen molar-refractivity contribution in [1.29, 1.82) is 0 Å². The van der Waals surface area contributed by atoms with Gasteiger partial charge in [0, 0.05) is 12.8 Å². The van der Waals surface area contributed by atoms with Gasteiger partial charge in [-0.2, -0.15) is 0 Å². The second-order valence-electron chi connectivity index (χ2n) is 15.5. The number of hydrogen-bond donors (Lipinski definition) is 4. The van der Waals surface area contributed by atoms with Crippen LogP contribution in [0, 0.1) is 0 Å². The summed E-state index contributed by atoms with van der Waals surface area (Å²) in [5, 5.41) is 40.1. The normalized spacial score (nSPS) is 20.7. The predicted octanol–water partition coefficient (Wildman–Crippen LogP) is 10.00. The molecule has 0 aromatic carbocycles. The molecule has 338 valence electrons. The smallest absolute Gasteiger partial charge is 0.306 e. The molecule has 1 fully saturated rings. The van der Waals surface area contributed by atoms with Crippen LogP contribution in [0.3, 0.4) is 0 Å². The standard InChI is InChI=1S/C49H82O10/c1-3-5-7-9-11-13-15-17-19-20-21-22-24-25-27-29-31-33-35-37-44(51)56-40-42(41-57-49-48(55)47(54)46(53)43(39-50)59-49)58-45(52)38-36-34-32-30-28-26-23-18-16-14-12-10-8-6-4-2/h11,13-14,16-17,19,21-22,25,27,31,33,42-43,46-50,53-55H,3-10,12,15,18,20,23-24,26,28-30,32,34-41H2,1-2H3/b13-11+,16-14+,19-17+,22-21+,27-25+,33-31+/t42-,43-,46+,47?,48?,49-/m0/s1. The maximum absolute atomic E-state index is 12.8. The van der Waals surface area contributed by atoms with Gasteiger partial charge in [0.25, 0.3) is 0 Å². The van der Waals surface area contributed by atoms with Crippen molar-refractivity contribution in [2.45, 2.75) is 205 Å². The first-order valence-corrected chi connectivity index (χ1v) is 23.0. The molecule has 0 saturated carbocycles. The van der Waals surface area contributed by atoms with Crippen LogP contribution in [0.25, 0.3) is 0 Å². The van der Waals surface area contributed by atoms with E-state index in [0.29, 0.717) is 12.8 Å². The highest BCUT2D eigenvalue weighted by atomic mass is 16.7. The van der Waals surface area contributed by atoms with Crippen LogP contribution in [-0.4, -0.2) is 89.0 Å². The average molecular weight is 831 g/mol. The summed E-state index contributed by atoms with van der Waals surface area (Å²) in [6, 6.07) is 0. The zero-order valence-electron chi connectivity index (χ0n) is 36.7. The lowest BCUT2D eigenvalue weighted by molar-refractivity contribution is -0.305. The van der Waals surface area contributed by atoms with Crippen molar-refractivity contribution in [2.24, 2.45) is 0 Å². The van der Waals surface area contributed by atoms with Crippen LogP contribution in [0.2, 0.25) is 0 Å². The van der Waals surface area contributed by atoms with Gasteiger partial charge >= 0.3 is 11.9 Å². The monoisotopic (exact) mass is 831 g/mol. The van der Waals surface area contributed by atoms with Gasteiger partial charge in [-0.1, -0.05) is 151 Å². The van der Waals surface area contributed by atoms with Crippen LogP contribution in [0.4, 0.5) is 0 Å². The largest absolute Gasteiger partial charge is 0.462 e. The molecule has 59 heavy (non-hydrogen) atoms. The Balaban J connectivity index is 2.39. The number of esters is 2. The molecule has 0 amide bonds. The van der Waals surface area contributed by atoms with E-state index in [0.717, 1.165) is 51.4 Å². The third kappa shape index (κ3) is 30.8.